The molecule has 0 bridgehead atoms. The van der Waals surface area contributed by atoms with Gasteiger partial charge in [0.1, 0.15) is 30.2 Å². The molecule has 0 spiro atoms. The van der Waals surface area contributed by atoms with Crippen LogP contribution >= 0.6 is 7.82 Å². The number of nitrogens with two attached hydrogens (primary N) is 1. The Morgan fingerprint density at radius 2 is 1.57 bits per heavy atom. The molecular formula is C28H43N6O11P. The van der Waals surface area contributed by atoms with Gasteiger partial charge in [0.15, 0.2) is 0 Å². The van der Waals surface area contributed by atoms with Crippen molar-refractivity contribution >= 4 is 43.3 Å². The van der Waals surface area contributed by atoms with E-state index in [0.717, 1.165) is 12.5 Å². The Morgan fingerprint density at radius 1 is 0.957 bits per heavy atom. The van der Waals surface area contributed by atoms with Crippen molar-refractivity contribution in [3.05, 3.63) is 35.9 Å². The number of carboxylic acid groups (broad SMARTS) is 1. The van der Waals surface area contributed by atoms with E-state index < -0.39 is 85.6 Å². The fourth-order valence-electron chi connectivity index (χ4n) is 4.89. The van der Waals surface area contributed by atoms with E-state index in [1.807, 2.05) is 0 Å². The Morgan fingerprint density at radius 3 is 2.11 bits per heavy atom. The average Bonchev–Trinajstić information content (AvgIpc) is 3.47. The molecule has 5 amide bonds. The number of amides is 5. The van der Waals surface area contributed by atoms with Crippen molar-refractivity contribution in [2.24, 2.45) is 11.7 Å². The smallest absolute Gasteiger partial charge is 0.469 e. The Bertz CT molecular complexity index is 1310. The number of carboxylic acids is 1. The normalized spacial score (nSPS) is 18.1. The third-order valence-corrected chi connectivity index (χ3v) is 7.88. The van der Waals surface area contributed by atoms with Crippen LogP contribution in [-0.2, 0) is 44.3 Å². The number of aliphatic carboxylic acids is 1. The average molecular weight is 671 g/mol. The number of nitrogens with one attached hydrogen (secondary N) is 4. The van der Waals surface area contributed by atoms with Gasteiger partial charge >= 0.3 is 13.8 Å². The fourth-order valence-corrected chi connectivity index (χ4v) is 5.44. The second kappa shape index (κ2) is 17.1. The predicted molar refractivity (Wildman–Crippen MR) is 162 cm³/mol. The first-order valence-electron chi connectivity index (χ1n) is 14.7. The first-order valence-corrected chi connectivity index (χ1v) is 16.2. The van der Waals surface area contributed by atoms with Crippen molar-refractivity contribution in [3.8, 4) is 0 Å². The van der Waals surface area contributed by atoms with E-state index in [1.54, 1.807) is 30.3 Å². The minimum atomic E-state index is -5.14. The molecule has 1 fully saturated rings. The minimum absolute atomic E-state index is 0.146. The van der Waals surface area contributed by atoms with Gasteiger partial charge < -0.3 is 46.8 Å². The van der Waals surface area contributed by atoms with E-state index >= 15 is 0 Å². The maximum atomic E-state index is 13.6. The first-order chi connectivity index (χ1) is 21.4. The Balaban J connectivity index is 2.18. The number of phosphoric ester groups is 1. The lowest BCUT2D eigenvalue weighted by molar-refractivity contribution is -0.144. The van der Waals surface area contributed by atoms with Crippen molar-refractivity contribution < 1.29 is 52.7 Å². The van der Waals surface area contributed by atoms with E-state index in [-0.39, 0.29) is 25.9 Å². The molecule has 6 atom stereocenters. The molecule has 46 heavy (non-hydrogen) atoms. The number of carbonyl (C=O) groups excluding carboxylic acids is 5. The van der Waals surface area contributed by atoms with Crippen molar-refractivity contribution in [1.82, 2.24) is 26.2 Å². The molecule has 1 heterocycles. The lowest BCUT2D eigenvalue weighted by atomic mass is 10.0. The summed E-state index contributed by atoms with van der Waals surface area (Å²) >= 11 is 0. The van der Waals surface area contributed by atoms with Gasteiger partial charge in [0.2, 0.25) is 29.5 Å². The molecule has 9 N–H and O–H groups in total. The molecule has 18 heteroatoms. The first kappa shape index (κ1) is 38.3. The summed E-state index contributed by atoms with van der Waals surface area (Å²) in [5.41, 5.74) is 6.21. The molecule has 1 aromatic carbocycles. The van der Waals surface area contributed by atoms with Crippen molar-refractivity contribution in [2.45, 2.75) is 83.3 Å². The topological polar surface area (TPSA) is 267 Å². The molecule has 0 aromatic heterocycles. The van der Waals surface area contributed by atoms with Crippen LogP contribution in [0.15, 0.2) is 30.3 Å². The quantitative estimate of drug-likeness (QED) is 0.0922. The van der Waals surface area contributed by atoms with Crippen molar-refractivity contribution in [2.75, 3.05) is 13.1 Å². The van der Waals surface area contributed by atoms with Gasteiger partial charge in [0.05, 0.1) is 12.6 Å². The molecule has 1 aromatic rings. The second-order valence-corrected chi connectivity index (χ2v) is 12.5. The van der Waals surface area contributed by atoms with Gasteiger partial charge in [0, 0.05) is 13.0 Å². The molecular weight excluding hydrogens is 627 g/mol. The van der Waals surface area contributed by atoms with E-state index in [1.165, 1.54) is 25.7 Å². The van der Waals surface area contributed by atoms with Gasteiger partial charge in [-0.05, 0) is 38.2 Å². The Kier molecular flexibility index (Phi) is 14.3. The molecule has 256 valence electrons. The van der Waals surface area contributed by atoms with E-state index in [4.69, 9.17) is 5.73 Å². The number of carbonyl (C=O) groups is 6. The van der Waals surface area contributed by atoms with Crippen LogP contribution in [0, 0.1) is 5.92 Å². The largest absolute Gasteiger partial charge is 0.480 e. The lowest BCUT2D eigenvalue weighted by Crippen LogP contribution is -2.60. The maximum Gasteiger partial charge on any atom is 0.469 e. The Labute approximate surface area is 266 Å². The summed E-state index contributed by atoms with van der Waals surface area (Å²) in [5.74, 6) is -5.77. The molecule has 0 aliphatic carbocycles. The highest BCUT2D eigenvalue weighted by Crippen LogP contribution is 2.38. The molecule has 17 nitrogen and oxygen atoms in total. The number of likely N-dealkylation sites (tertiary alicyclic amines) is 1. The van der Waals surface area contributed by atoms with E-state index in [9.17, 15) is 48.2 Å². The minimum Gasteiger partial charge on any atom is -0.480 e. The number of benzene rings is 1. The fraction of sp³-hybridized carbons (Fsp3) is 0.571. The molecule has 1 saturated heterocycles. The third kappa shape index (κ3) is 11.5. The zero-order valence-corrected chi connectivity index (χ0v) is 26.9. The number of hydrogen-bond acceptors (Lipinski definition) is 9. The van der Waals surface area contributed by atoms with Crippen LogP contribution in [0.1, 0.15) is 46.1 Å². The monoisotopic (exact) mass is 670 g/mol. The summed E-state index contributed by atoms with van der Waals surface area (Å²) < 4.78 is 16.0. The molecule has 0 radical (unpaired) electrons. The highest BCUT2D eigenvalue weighted by molar-refractivity contribution is 7.46. The molecule has 1 aliphatic heterocycles. The number of nitrogens with zero attached hydrogens (tertiary/aromatic N) is 1. The van der Waals surface area contributed by atoms with E-state index in [2.05, 4.69) is 25.8 Å². The highest BCUT2D eigenvalue weighted by atomic mass is 31.2. The van der Waals surface area contributed by atoms with Gasteiger partial charge in [-0.25, -0.2) is 9.36 Å². The van der Waals surface area contributed by atoms with Gasteiger partial charge in [-0.15, -0.1) is 0 Å². The van der Waals surface area contributed by atoms with Crippen molar-refractivity contribution in [3.63, 3.8) is 0 Å². The number of phosphoric acid groups is 1. The SMILES string of the molecule is CC(C)[C@H](NC(=O)[C@@H](NC(=O)[C@H](C)NC(=O)[C@@H]1CCCN1C(=O)[C@H](Cc1ccccc1)NC(=O)CN)[C@@H](C)OP(=O)(O)O)C(=O)O. The van der Waals surface area contributed by atoms with E-state index in [0.29, 0.717) is 6.42 Å². The standard InChI is InChI=1S/C28H43N6O11P/c1-15(2)22(28(40)41)32-26(38)23(17(4)45-46(42,43)44)33-24(36)16(3)30-25(37)20-11-8-12-34(20)27(39)19(31-21(35)14-29)13-18-9-6-5-7-10-18/h5-7,9-10,15-17,19-20,22-23H,8,11-14,29H2,1-4H3,(H,30,37)(H,31,35)(H,32,38)(H,33,36)(H,40,41)(H2,42,43,44)/t16-,17+,19-,20-,22-,23-/m0/s1. The van der Waals surface area contributed by atoms with Gasteiger partial charge in [-0.3, -0.25) is 28.5 Å². The highest BCUT2D eigenvalue weighted by Gasteiger charge is 2.40. The van der Waals surface area contributed by atoms with Gasteiger partial charge in [0.25, 0.3) is 0 Å². The van der Waals surface area contributed by atoms with Crippen LogP contribution in [0.4, 0.5) is 0 Å². The summed E-state index contributed by atoms with van der Waals surface area (Å²) in [7, 11) is -5.14. The maximum absolute atomic E-state index is 13.6. The summed E-state index contributed by atoms with van der Waals surface area (Å²) in [4.78, 5) is 96.5. The zero-order chi connectivity index (χ0) is 34.8. The third-order valence-electron chi connectivity index (χ3n) is 7.28. The van der Waals surface area contributed by atoms with Gasteiger partial charge in [-0.2, -0.15) is 0 Å². The van der Waals surface area contributed by atoms with Crippen LogP contribution < -0.4 is 27.0 Å². The Hall–Kier alpha value is -3.89. The lowest BCUT2D eigenvalue weighted by Gasteiger charge is -2.30. The van der Waals surface area contributed by atoms with Crippen LogP contribution in [0.5, 0.6) is 0 Å². The number of hydrogen-bond donors (Lipinski definition) is 8. The van der Waals surface area contributed by atoms with Crippen LogP contribution in [0.25, 0.3) is 0 Å². The molecule has 2 rings (SSSR count). The van der Waals surface area contributed by atoms with Crippen LogP contribution in [0.2, 0.25) is 0 Å². The summed E-state index contributed by atoms with van der Waals surface area (Å²) in [6.45, 7) is 5.28. The van der Waals surface area contributed by atoms with Gasteiger partial charge in [-0.1, -0.05) is 44.2 Å². The molecule has 0 unspecified atom stereocenters. The predicted octanol–water partition coefficient (Wildman–Crippen LogP) is -1.62. The molecule has 0 saturated carbocycles. The summed E-state index contributed by atoms with van der Waals surface area (Å²) in [5, 5.41) is 19.0. The van der Waals surface area contributed by atoms with Crippen LogP contribution in [0.3, 0.4) is 0 Å². The number of rotatable bonds is 16. The summed E-state index contributed by atoms with van der Waals surface area (Å²) in [6, 6.07) is 2.45. The molecule has 1 aliphatic rings. The van der Waals surface area contributed by atoms with Crippen LogP contribution in [-0.4, -0.2) is 105 Å². The van der Waals surface area contributed by atoms with Crippen molar-refractivity contribution in [1.29, 1.82) is 0 Å². The second-order valence-electron chi connectivity index (χ2n) is 11.3. The summed E-state index contributed by atoms with van der Waals surface area (Å²) in [6.07, 6.45) is -0.749. The zero-order valence-electron chi connectivity index (χ0n) is 26.0.